The zero-order valence-corrected chi connectivity index (χ0v) is 11.2. The molecule has 0 amide bonds. The molecule has 0 fully saturated rings. The molecule has 100 valence electrons. The second-order valence-electron chi connectivity index (χ2n) is 4.77. The molecule has 1 aromatic rings. The van der Waals surface area contributed by atoms with Gasteiger partial charge in [-0.2, -0.15) is 0 Å². The fourth-order valence-corrected chi connectivity index (χ4v) is 2.02. The Morgan fingerprint density at radius 3 is 2.89 bits per heavy atom. The van der Waals surface area contributed by atoms with Crippen LogP contribution in [0, 0.1) is 0 Å². The van der Waals surface area contributed by atoms with Crippen molar-refractivity contribution < 1.29 is 9.47 Å². The van der Waals surface area contributed by atoms with Crippen LogP contribution >= 0.6 is 0 Å². The molecule has 0 unspecified atom stereocenters. The van der Waals surface area contributed by atoms with Crippen molar-refractivity contribution in [3.8, 4) is 11.5 Å². The Bertz CT molecular complexity index is 380. The van der Waals surface area contributed by atoms with E-state index in [9.17, 15) is 0 Å². The van der Waals surface area contributed by atoms with Crippen molar-refractivity contribution in [2.75, 3.05) is 40.4 Å². The zero-order valence-electron chi connectivity index (χ0n) is 11.2. The number of benzene rings is 1. The van der Waals surface area contributed by atoms with Gasteiger partial charge in [0.15, 0.2) is 11.5 Å². The monoisotopic (exact) mass is 250 g/mol. The Morgan fingerprint density at radius 2 is 2.06 bits per heavy atom. The zero-order chi connectivity index (χ0) is 12.8. The van der Waals surface area contributed by atoms with E-state index in [2.05, 4.69) is 30.4 Å². The number of nitrogens with one attached hydrogen (secondary N) is 1. The molecule has 0 aromatic heterocycles. The highest BCUT2D eigenvalue weighted by atomic mass is 16.6. The molecule has 0 aliphatic carbocycles. The number of rotatable bonds is 6. The highest BCUT2D eigenvalue weighted by Gasteiger charge is 2.14. The molecule has 2 rings (SSSR count). The van der Waals surface area contributed by atoms with Crippen LogP contribution in [0.1, 0.15) is 12.0 Å². The predicted octanol–water partition coefficient (Wildman–Crippen LogP) is 1.50. The van der Waals surface area contributed by atoms with Gasteiger partial charge in [-0.05, 0) is 39.7 Å². The lowest BCUT2D eigenvalue weighted by atomic mass is 10.1. The van der Waals surface area contributed by atoms with E-state index in [0.29, 0.717) is 13.2 Å². The van der Waals surface area contributed by atoms with E-state index in [-0.39, 0.29) is 0 Å². The number of hydrogen-bond donors (Lipinski definition) is 1. The highest BCUT2D eigenvalue weighted by Crippen LogP contribution is 2.33. The van der Waals surface area contributed by atoms with Gasteiger partial charge in [0.05, 0.1) is 0 Å². The Hall–Kier alpha value is -1.26. The minimum absolute atomic E-state index is 0.643. The summed E-state index contributed by atoms with van der Waals surface area (Å²) in [5.74, 6) is 1.78. The van der Waals surface area contributed by atoms with E-state index in [1.165, 1.54) is 5.56 Å². The largest absolute Gasteiger partial charge is 0.486 e. The maximum Gasteiger partial charge on any atom is 0.165 e. The molecule has 1 heterocycles. The summed E-state index contributed by atoms with van der Waals surface area (Å²) in [5.41, 5.74) is 1.18. The Morgan fingerprint density at radius 1 is 1.22 bits per heavy atom. The molecule has 4 nitrogen and oxygen atoms in total. The lowest BCUT2D eigenvalue weighted by molar-refractivity contribution is 0.169. The SMILES string of the molecule is CN(C)CCCNCc1cccc2c1OCCO2. The van der Waals surface area contributed by atoms with Gasteiger partial charge in [0, 0.05) is 12.1 Å². The predicted molar refractivity (Wildman–Crippen MR) is 72.3 cm³/mol. The van der Waals surface area contributed by atoms with Crippen LogP contribution in [0.25, 0.3) is 0 Å². The van der Waals surface area contributed by atoms with E-state index in [1.807, 2.05) is 12.1 Å². The molecular weight excluding hydrogens is 228 g/mol. The van der Waals surface area contributed by atoms with E-state index in [1.54, 1.807) is 0 Å². The summed E-state index contributed by atoms with van der Waals surface area (Å²) in [6, 6.07) is 6.07. The van der Waals surface area contributed by atoms with Crippen molar-refractivity contribution in [1.82, 2.24) is 10.2 Å². The van der Waals surface area contributed by atoms with Crippen molar-refractivity contribution >= 4 is 0 Å². The van der Waals surface area contributed by atoms with Crippen LogP contribution in [0.5, 0.6) is 11.5 Å². The van der Waals surface area contributed by atoms with Crippen LogP contribution < -0.4 is 14.8 Å². The maximum absolute atomic E-state index is 5.68. The molecule has 1 aliphatic rings. The topological polar surface area (TPSA) is 33.7 Å². The summed E-state index contributed by atoms with van der Waals surface area (Å²) in [4.78, 5) is 2.20. The third kappa shape index (κ3) is 3.62. The van der Waals surface area contributed by atoms with Crippen LogP contribution in [0.15, 0.2) is 18.2 Å². The van der Waals surface area contributed by atoms with E-state index >= 15 is 0 Å². The van der Waals surface area contributed by atoms with Crippen LogP contribution in [0.4, 0.5) is 0 Å². The van der Waals surface area contributed by atoms with Gasteiger partial charge < -0.3 is 19.7 Å². The lowest BCUT2D eigenvalue weighted by Gasteiger charge is -2.21. The van der Waals surface area contributed by atoms with Gasteiger partial charge in [0.1, 0.15) is 13.2 Å². The molecule has 1 aliphatic heterocycles. The normalized spacial score (nSPS) is 13.9. The Labute approximate surface area is 109 Å². The average Bonchev–Trinajstić information content (AvgIpc) is 2.38. The molecular formula is C14H22N2O2. The summed E-state index contributed by atoms with van der Waals surface area (Å²) < 4.78 is 11.2. The molecule has 0 spiro atoms. The van der Waals surface area contributed by atoms with E-state index in [4.69, 9.17) is 9.47 Å². The van der Waals surface area contributed by atoms with Crippen molar-refractivity contribution in [2.24, 2.45) is 0 Å². The minimum atomic E-state index is 0.643. The fourth-order valence-electron chi connectivity index (χ4n) is 2.02. The number of fused-ring (bicyclic) bond motifs is 1. The molecule has 18 heavy (non-hydrogen) atoms. The highest BCUT2D eigenvalue weighted by molar-refractivity contribution is 5.47. The van der Waals surface area contributed by atoms with Gasteiger partial charge in [-0.1, -0.05) is 12.1 Å². The molecule has 4 heteroatoms. The van der Waals surface area contributed by atoms with Crippen molar-refractivity contribution in [1.29, 1.82) is 0 Å². The fraction of sp³-hybridized carbons (Fsp3) is 0.571. The van der Waals surface area contributed by atoms with Crippen molar-refractivity contribution in [2.45, 2.75) is 13.0 Å². The van der Waals surface area contributed by atoms with E-state index < -0.39 is 0 Å². The second kappa shape index (κ2) is 6.61. The third-order valence-electron chi connectivity index (χ3n) is 2.92. The van der Waals surface area contributed by atoms with Crippen LogP contribution in [0.2, 0.25) is 0 Å². The minimum Gasteiger partial charge on any atom is -0.486 e. The molecule has 1 aromatic carbocycles. The molecule has 1 N–H and O–H groups in total. The lowest BCUT2D eigenvalue weighted by Crippen LogP contribution is -2.22. The summed E-state index contributed by atoms with van der Waals surface area (Å²) in [5, 5.41) is 3.44. The summed E-state index contributed by atoms with van der Waals surface area (Å²) >= 11 is 0. The standard InChI is InChI=1S/C14H22N2O2/c1-16(2)8-4-7-15-11-12-5-3-6-13-14(12)18-10-9-17-13/h3,5-6,15H,4,7-11H2,1-2H3. The summed E-state index contributed by atoms with van der Waals surface area (Å²) in [6.07, 6.45) is 1.15. The maximum atomic E-state index is 5.68. The number of nitrogens with zero attached hydrogens (tertiary/aromatic N) is 1. The first-order valence-electron chi connectivity index (χ1n) is 6.50. The second-order valence-corrected chi connectivity index (χ2v) is 4.77. The number of ether oxygens (including phenoxy) is 2. The third-order valence-corrected chi connectivity index (χ3v) is 2.92. The molecule has 0 bridgehead atoms. The van der Waals surface area contributed by atoms with Crippen LogP contribution in [0.3, 0.4) is 0 Å². The van der Waals surface area contributed by atoms with Gasteiger partial charge in [-0.15, -0.1) is 0 Å². The Balaban J connectivity index is 1.82. The Kier molecular flexibility index (Phi) is 4.84. The number of hydrogen-bond acceptors (Lipinski definition) is 4. The molecule has 0 saturated heterocycles. The summed E-state index contributed by atoms with van der Waals surface area (Å²) in [6.45, 7) is 4.25. The first kappa shape index (κ1) is 13.2. The van der Waals surface area contributed by atoms with Crippen LogP contribution in [-0.2, 0) is 6.54 Å². The summed E-state index contributed by atoms with van der Waals surface area (Å²) in [7, 11) is 4.19. The van der Waals surface area contributed by atoms with Gasteiger partial charge in [-0.25, -0.2) is 0 Å². The van der Waals surface area contributed by atoms with Crippen LogP contribution in [-0.4, -0.2) is 45.3 Å². The van der Waals surface area contributed by atoms with Crippen molar-refractivity contribution in [3.05, 3.63) is 23.8 Å². The smallest absolute Gasteiger partial charge is 0.165 e. The quantitative estimate of drug-likeness (QED) is 0.776. The first-order valence-corrected chi connectivity index (χ1v) is 6.50. The van der Waals surface area contributed by atoms with Gasteiger partial charge in [0.2, 0.25) is 0 Å². The average molecular weight is 250 g/mol. The van der Waals surface area contributed by atoms with Crippen molar-refractivity contribution in [3.63, 3.8) is 0 Å². The number of para-hydroxylation sites is 1. The molecule has 0 atom stereocenters. The van der Waals surface area contributed by atoms with Gasteiger partial charge >= 0.3 is 0 Å². The van der Waals surface area contributed by atoms with Gasteiger partial charge in [0.25, 0.3) is 0 Å². The van der Waals surface area contributed by atoms with Gasteiger partial charge in [-0.3, -0.25) is 0 Å². The molecule has 0 saturated carbocycles. The first-order chi connectivity index (χ1) is 8.77. The molecule has 0 radical (unpaired) electrons. The van der Waals surface area contributed by atoms with E-state index in [0.717, 1.165) is 37.6 Å².